The van der Waals surface area contributed by atoms with Crippen molar-refractivity contribution in [2.24, 2.45) is 0 Å². The van der Waals surface area contributed by atoms with Gasteiger partial charge < -0.3 is 5.32 Å². The van der Waals surface area contributed by atoms with Crippen molar-refractivity contribution < 1.29 is 21.6 Å². The smallest absolute Gasteiger partial charge is 0.309 e. The summed E-state index contributed by atoms with van der Waals surface area (Å²) in [5.74, 6) is 0. The highest BCUT2D eigenvalue weighted by Crippen LogP contribution is 2.33. The Balaban J connectivity index is 1.81. The van der Waals surface area contributed by atoms with E-state index in [9.17, 15) is 21.6 Å². The van der Waals surface area contributed by atoms with E-state index in [1.165, 1.54) is 0 Å². The highest BCUT2D eigenvalue weighted by atomic mass is 35.5. The van der Waals surface area contributed by atoms with Gasteiger partial charge in [-0.1, -0.05) is 29.8 Å². The minimum absolute atomic E-state index is 0.0243. The molecule has 0 atom stereocenters. The van der Waals surface area contributed by atoms with Crippen LogP contribution < -0.4 is 10.0 Å². The van der Waals surface area contributed by atoms with Gasteiger partial charge in [0.2, 0.25) is 10.0 Å². The molecule has 0 fully saturated rings. The predicted octanol–water partition coefficient (Wildman–Crippen LogP) is 3.44. The van der Waals surface area contributed by atoms with Gasteiger partial charge in [-0.25, -0.2) is 13.1 Å². The molecule has 1 aliphatic heterocycles. The highest BCUT2D eigenvalue weighted by Gasteiger charge is 2.32. The first-order valence-corrected chi connectivity index (χ1v) is 9.20. The second kappa shape index (κ2) is 6.60. The van der Waals surface area contributed by atoms with Gasteiger partial charge in [-0.15, -0.1) is 0 Å². The summed E-state index contributed by atoms with van der Waals surface area (Å²) in [5, 5.41) is 2.89. The summed E-state index contributed by atoms with van der Waals surface area (Å²) in [4.78, 5) is -0.518. The third kappa shape index (κ3) is 4.14. The number of sulfonamides is 1. The first-order chi connectivity index (χ1) is 11.6. The molecule has 0 aromatic heterocycles. The van der Waals surface area contributed by atoms with Crippen molar-refractivity contribution >= 4 is 21.6 Å². The van der Waals surface area contributed by atoms with Gasteiger partial charge in [0.25, 0.3) is 0 Å². The van der Waals surface area contributed by atoms with Crippen LogP contribution in [-0.4, -0.2) is 8.42 Å². The minimum Gasteiger partial charge on any atom is -0.309 e. The molecule has 25 heavy (non-hydrogen) atoms. The van der Waals surface area contributed by atoms with E-state index in [2.05, 4.69) is 10.0 Å². The van der Waals surface area contributed by atoms with E-state index in [1.54, 1.807) is 6.07 Å². The summed E-state index contributed by atoms with van der Waals surface area (Å²) < 4.78 is 65.5. The summed E-state index contributed by atoms with van der Waals surface area (Å²) in [7, 11) is -4.13. The van der Waals surface area contributed by atoms with Crippen LogP contribution in [0.2, 0.25) is 5.02 Å². The number of rotatable bonds is 4. The number of benzene rings is 2. The molecule has 134 valence electrons. The van der Waals surface area contributed by atoms with Gasteiger partial charge >= 0.3 is 6.18 Å². The van der Waals surface area contributed by atoms with Crippen LogP contribution in [-0.2, 0) is 35.8 Å². The molecule has 2 N–H and O–H groups in total. The average molecular weight is 391 g/mol. The number of nitrogens with one attached hydrogen (secondary N) is 2. The van der Waals surface area contributed by atoms with Crippen LogP contribution in [0.3, 0.4) is 0 Å². The maximum Gasteiger partial charge on any atom is 0.416 e. The van der Waals surface area contributed by atoms with Crippen LogP contribution in [0.25, 0.3) is 0 Å². The molecule has 0 bridgehead atoms. The molecule has 0 amide bonds. The van der Waals surface area contributed by atoms with Crippen LogP contribution >= 0.6 is 11.6 Å². The second-order valence-electron chi connectivity index (χ2n) is 5.70. The van der Waals surface area contributed by atoms with E-state index in [1.807, 2.05) is 12.1 Å². The number of alkyl halides is 3. The quantitative estimate of drug-likeness (QED) is 0.840. The molecule has 0 saturated carbocycles. The number of halogens is 4. The fourth-order valence-corrected chi connectivity index (χ4v) is 3.99. The van der Waals surface area contributed by atoms with Crippen LogP contribution in [0.4, 0.5) is 13.2 Å². The predicted molar refractivity (Wildman–Crippen MR) is 87.5 cm³/mol. The lowest BCUT2D eigenvalue weighted by Gasteiger charge is -2.12. The molecule has 2 aromatic carbocycles. The van der Waals surface area contributed by atoms with Crippen LogP contribution in [0, 0.1) is 0 Å². The number of hydrogen-bond donors (Lipinski definition) is 2. The molecule has 0 saturated heterocycles. The van der Waals surface area contributed by atoms with Crippen molar-refractivity contribution in [2.75, 3.05) is 0 Å². The summed E-state index contributed by atoms with van der Waals surface area (Å²) >= 11 is 5.64. The van der Waals surface area contributed by atoms with E-state index in [-0.39, 0.29) is 11.6 Å². The molecule has 2 aromatic rings. The monoisotopic (exact) mass is 390 g/mol. The molecule has 9 heteroatoms. The molecule has 0 spiro atoms. The van der Waals surface area contributed by atoms with Crippen molar-refractivity contribution in [3.05, 3.63) is 63.7 Å². The Morgan fingerprint density at radius 2 is 1.80 bits per heavy atom. The minimum atomic E-state index is -4.68. The fourth-order valence-electron chi connectivity index (χ4n) is 2.60. The lowest BCUT2D eigenvalue weighted by Crippen LogP contribution is -2.24. The maximum atomic E-state index is 12.8. The molecule has 4 nitrogen and oxygen atoms in total. The zero-order valence-corrected chi connectivity index (χ0v) is 14.4. The lowest BCUT2D eigenvalue weighted by atomic mass is 10.1. The summed E-state index contributed by atoms with van der Waals surface area (Å²) in [5.41, 5.74) is 1.85. The van der Waals surface area contributed by atoms with Crippen LogP contribution in [0.15, 0.2) is 41.3 Å². The normalized spacial score (nSPS) is 14.6. The Hall–Kier alpha value is -1.61. The molecule has 3 rings (SSSR count). The number of hydrogen-bond acceptors (Lipinski definition) is 3. The molecule has 0 aliphatic carbocycles. The third-order valence-electron chi connectivity index (χ3n) is 3.88. The van der Waals surface area contributed by atoms with Gasteiger partial charge in [0.15, 0.2) is 0 Å². The molecule has 0 radical (unpaired) electrons. The van der Waals surface area contributed by atoms with Crippen molar-refractivity contribution in [3.8, 4) is 0 Å². The number of fused-ring (bicyclic) bond motifs is 1. The Morgan fingerprint density at radius 3 is 2.52 bits per heavy atom. The zero-order valence-electron chi connectivity index (χ0n) is 12.8. The first-order valence-electron chi connectivity index (χ1n) is 7.34. The second-order valence-corrected chi connectivity index (χ2v) is 7.91. The zero-order chi connectivity index (χ0) is 18.2. The van der Waals surface area contributed by atoms with Crippen molar-refractivity contribution in [1.82, 2.24) is 10.0 Å². The Labute approximate surface area is 148 Å². The van der Waals surface area contributed by atoms with Crippen LogP contribution in [0.5, 0.6) is 0 Å². The molecular weight excluding hydrogens is 377 g/mol. The summed E-state index contributed by atoms with van der Waals surface area (Å²) in [6, 6.07) is 7.81. The lowest BCUT2D eigenvalue weighted by molar-refractivity contribution is -0.137. The van der Waals surface area contributed by atoms with E-state index >= 15 is 0 Å². The fraction of sp³-hybridized carbons (Fsp3) is 0.250. The first kappa shape index (κ1) is 18.2. The highest BCUT2D eigenvalue weighted by molar-refractivity contribution is 7.89. The van der Waals surface area contributed by atoms with Gasteiger partial charge in [-0.05, 0) is 34.9 Å². The Kier molecular flexibility index (Phi) is 4.80. The van der Waals surface area contributed by atoms with Gasteiger partial charge in [-0.3, -0.25) is 0 Å². The largest absolute Gasteiger partial charge is 0.416 e. The van der Waals surface area contributed by atoms with Gasteiger partial charge in [0.1, 0.15) is 0 Å². The SMILES string of the molecule is O=S(=O)(NCc1ccc2c(c1)CNC2)c1cc(Cl)cc(C(F)(F)F)c1. The molecule has 1 heterocycles. The van der Waals surface area contributed by atoms with Gasteiger partial charge in [0, 0.05) is 24.7 Å². The molecule has 1 aliphatic rings. The van der Waals surface area contributed by atoms with Crippen LogP contribution in [0.1, 0.15) is 22.3 Å². The van der Waals surface area contributed by atoms with Gasteiger partial charge in [-0.2, -0.15) is 13.2 Å². The Morgan fingerprint density at radius 1 is 1.08 bits per heavy atom. The van der Waals surface area contributed by atoms with E-state index in [0.717, 1.165) is 29.3 Å². The molecular formula is C16H14ClF3N2O2S. The maximum absolute atomic E-state index is 12.8. The third-order valence-corrected chi connectivity index (χ3v) is 5.48. The standard InChI is InChI=1S/C16H14ClF3N2O2S/c17-14-4-13(16(18,19)20)5-15(6-14)25(23,24)22-7-10-1-2-11-8-21-9-12(11)3-10/h1-6,21-22H,7-9H2. The average Bonchev–Trinajstić information content (AvgIpc) is 2.99. The van der Waals surface area contributed by atoms with E-state index in [0.29, 0.717) is 18.7 Å². The topological polar surface area (TPSA) is 58.2 Å². The van der Waals surface area contributed by atoms with E-state index in [4.69, 9.17) is 11.6 Å². The summed E-state index contributed by atoms with van der Waals surface area (Å²) in [6.45, 7) is 1.45. The summed E-state index contributed by atoms with van der Waals surface area (Å²) in [6.07, 6.45) is -4.68. The Bertz CT molecular complexity index is 914. The van der Waals surface area contributed by atoms with Gasteiger partial charge in [0.05, 0.1) is 10.5 Å². The van der Waals surface area contributed by atoms with Crippen molar-refractivity contribution in [1.29, 1.82) is 0 Å². The van der Waals surface area contributed by atoms with Crippen molar-refractivity contribution in [3.63, 3.8) is 0 Å². The van der Waals surface area contributed by atoms with E-state index < -0.39 is 26.7 Å². The molecule has 0 unspecified atom stereocenters. The van der Waals surface area contributed by atoms with Crippen molar-refractivity contribution in [2.45, 2.75) is 30.7 Å².